The van der Waals surface area contributed by atoms with Crippen molar-refractivity contribution in [2.45, 2.75) is 25.7 Å². The molecule has 3 rings (SSSR count). The van der Waals surface area contributed by atoms with E-state index in [0.29, 0.717) is 48.2 Å². The second-order valence-corrected chi connectivity index (χ2v) is 8.81. The zero-order valence-corrected chi connectivity index (χ0v) is 19.5. The third-order valence-electron chi connectivity index (χ3n) is 4.43. The molecule has 0 unspecified atom stereocenters. The van der Waals surface area contributed by atoms with E-state index in [1.54, 1.807) is 44.2 Å². The molecule has 174 valence electrons. The van der Waals surface area contributed by atoms with Gasteiger partial charge in [0.25, 0.3) is 15.9 Å². The molecule has 0 bridgehead atoms. The maximum absolute atomic E-state index is 12.6. The molecule has 10 heteroatoms. The number of sulfonamides is 1. The topological polar surface area (TPSA) is 120 Å². The second kappa shape index (κ2) is 10.9. The Hall–Kier alpha value is -3.50. The molecular formula is C23H26N4O5S. The fraction of sp³-hybridized carbons (Fsp3) is 0.261. The van der Waals surface area contributed by atoms with Crippen LogP contribution in [0, 0.1) is 13.8 Å². The van der Waals surface area contributed by atoms with Crippen molar-refractivity contribution in [3.8, 4) is 5.75 Å². The van der Waals surface area contributed by atoms with Gasteiger partial charge in [-0.15, -0.1) is 0 Å². The van der Waals surface area contributed by atoms with Gasteiger partial charge in [-0.2, -0.15) is 0 Å². The normalized spacial score (nSPS) is 11.1. The van der Waals surface area contributed by atoms with Gasteiger partial charge in [-0.05, 0) is 69.3 Å². The molecule has 0 spiro atoms. The average molecular weight is 471 g/mol. The summed E-state index contributed by atoms with van der Waals surface area (Å²) in [6.07, 6.45) is 0. The summed E-state index contributed by atoms with van der Waals surface area (Å²) in [6, 6.07) is 14.3. The first-order valence-electron chi connectivity index (χ1n) is 10.3. The second-order valence-electron chi connectivity index (χ2n) is 7.13. The number of aryl methyl sites for hydroxylation is 2. The van der Waals surface area contributed by atoms with Crippen molar-refractivity contribution >= 4 is 27.6 Å². The average Bonchev–Trinajstić information content (AvgIpc) is 2.76. The number of carbonyl (C=O) groups excluding carboxylic acids is 1. The highest BCUT2D eigenvalue weighted by Crippen LogP contribution is 2.19. The Labute approximate surface area is 193 Å². The number of rotatable bonds is 10. The first kappa shape index (κ1) is 24.1. The zero-order chi connectivity index (χ0) is 23.8. The minimum atomic E-state index is -3.88. The summed E-state index contributed by atoms with van der Waals surface area (Å²) in [5, 5.41) is 2.75. The molecule has 0 saturated heterocycles. The predicted molar refractivity (Wildman–Crippen MR) is 125 cm³/mol. The van der Waals surface area contributed by atoms with Crippen LogP contribution in [-0.2, 0) is 14.8 Å². The molecule has 0 atom stereocenters. The van der Waals surface area contributed by atoms with Crippen LogP contribution in [0.25, 0.3) is 0 Å². The van der Waals surface area contributed by atoms with Gasteiger partial charge in [-0.3, -0.25) is 4.79 Å². The minimum absolute atomic E-state index is 0.00763. The lowest BCUT2D eigenvalue weighted by Crippen LogP contribution is -2.16. The van der Waals surface area contributed by atoms with Crippen molar-refractivity contribution in [2.75, 3.05) is 29.9 Å². The van der Waals surface area contributed by atoms with E-state index in [2.05, 4.69) is 20.0 Å². The number of ether oxygens (including phenoxy) is 2. The fourth-order valence-corrected chi connectivity index (χ4v) is 3.91. The van der Waals surface area contributed by atoms with Crippen LogP contribution in [0.1, 0.15) is 28.7 Å². The van der Waals surface area contributed by atoms with E-state index in [1.807, 2.05) is 6.92 Å². The fourth-order valence-electron chi connectivity index (χ4n) is 2.96. The molecule has 2 N–H and O–H groups in total. The molecule has 3 aromatic rings. The Balaban J connectivity index is 1.64. The molecule has 0 aliphatic rings. The van der Waals surface area contributed by atoms with Crippen LogP contribution in [0.4, 0.5) is 11.6 Å². The molecule has 0 aliphatic heterocycles. The molecule has 1 heterocycles. The predicted octanol–water partition coefficient (Wildman–Crippen LogP) is 3.56. The number of hydrogen-bond acceptors (Lipinski definition) is 7. The molecule has 0 radical (unpaired) electrons. The van der Waals surface area contributed by atoms with E-state index < -0.39 is 10.0 Å². The molecule has 1 amide bonds. The number of nitrogens with one attached hydrogen (secondary N) is 2. The van der Waals surface area contributed by atoms with Gasteiger partial charge in [0.2, 0.25) is 5.95 Å². The number of nitrogens with zero attached hydrogens (tertiary/aromatic N) is 2. The molecule has 1 aromatic heterocycles. The van der Waals surface area contributed by atoms with E-state index in [-0.39, 0.29) is 16.8 Å². The summed E-state index contributed by atoms with van der Waals surface area (Å²) < 4.78 is 38.5. The van der Waals surface area contributed by atoms with Crippen molar-refractivity contribution in [1.29, 1.82) is 0 Å². The Morgan fingerprint density at radius 3 is 2.33 bits per heavy atom. The summed E-state index contributed by atoms with van der Waals surface area (Å²) in [7, 11) is -3.88. The van der Waals surface area contributed by atoms with Crippen LogP contribution in [0.15, 0.2) is 59.5 Å². The first-order chi connectivity index (χ1) is 15.8. The van der Waals surface area contributed by atoms with Gasteiger partial charge in [0.05, 0.1) is 11.5 Å². The van der Waals surface area contributed by atoms with Crippen molar-refractivity contribution in [3.05, 3.63) is 71.5 Å². The van der Waals surface area contributed by atoms with Crippen molar-refractivity contribution in [3.63, 3.8) is 0 Å². The molecule has 9 nitrogen and oxygen atoms in total. The highest BCUT2D eigenvalue weighted by Gasteiger charge is 2.16. The van der Waals surface area contributed by atoms with Crippen LogP contribution in [0.2, 0.25) is 0 Å². The summed E-state index contributed by atoms with van der Waals surface area (Å²) >= 11 is 0. The minimum Gasteiger partial charge on any atom is -0.491 e. The monoisotopic (exact) mass is 470 g/mol. The maximum Gasteiger partial charge on any atom is 0.264 e. The SMILES string of the molecule is CCOCCOc1cccc(C(=O)Nc2ccc(S(=O)(=O)Nc3nc(C)cc(C)n3)cc2)c1. The van der Waals surface area contributed by atoms with Crippen molar-refractivity contribution < 1.29 is 22.7 Å². The van der Waals surface area contributed by atoms with Gasteiger partial charge < -0.3 is 14.8 Å². The number of carbonyl (C=O) groups is 1. The van der Waals surface area contributed by atoms with E-state index in [1.165, 1.54) is 24.3 Å². The van der Waals surface area contributed by atoms with Crippen LogP contribution in [-0.4, -0.2) is 44.1 Å². The van der Waals surface area contributed by atoms with Crippen molar-refractivity contribution in [1.82, 2.24) is 9.97 Å². The third kappa shape index (κ3) is 6.99. The van der Waals surface area contributed by atoms with Crippen LogP contribution >= 0.6 is 0 Å². The highest BCUT2D eigenvalue weighted by atomic mass is 32.2. The van der Waals surface area contributed by atoms with E-state index in [0.717, 1.165) is 0 Å². The van der Waals surface area contributed by atoms with E-state index in [9.17, 15) is 13.2 Å². The largest absolute Gasteiger partial charge is 0.491 e. The van der Waals surface area contributed by atoms with Gasteiger partial charge in [0.15, 0.2) is 0 Å². The lowest BCUT2D eigenvalue weighted by Gasteiger charge is -2.10. The van der Waals surface area contributed by atoms with Crippen molar-refractivity contribution in [2.24, 2.45) is 0 Å². The van der Waals surface area contributed by atoms with Gasteiger partial charge in [0.1, 0.15) is 12.4 Å². The first-order valence-corrected chi connectivity index (χ1v) is 11.8. The van der Waals surface area contributed by atoms with E-state index >= 15 is 0 Å². The zero-order valence-electron chi connectivity index (χ0n) is 18.7. The number of benzene rings is 2. The Morgan fingerprint density at radius 2 is 1.67 bits per heavy atom. The number of amides is 1. The van der Waals surface area contributed by atoms with Crippen LogP contribution in [0.5, 0.6) is 5.75 Å². The Morgan fingerprint density at radius 1 is 0.970 bits per heavy atom. The van der Waals surface area contributed by atoms with Gasteiger partial charge in [0, 0.05) is 29.2 Å². The molecule has 2 aromatic carbocycles. The summed E-state index contributed by atoms with van der Waals surface area (Å²) in [5.41, 5.74) is 2.17. The summed E-state index contributed by atoms with van der Waals surface area (Å²) in [6.45, 7) is 6.88. The molecule has 0 aliphatic carbocycles. The Kier molecular flexibility index (Phi) is 7.96. The van der Waals surface area contributed by atoms with Crippen LogP contribution < -0.4 is 14.8 Å². The number of aromatic nitrogens is 2. The summed E-state index contributed by atoms with van der Waals surface area (Å²) in [5.74, 6) is 0.222. The van der Waals surface area contributed by atoms with E-state index in [4.69, 9.17) is 9.47 Å². The molecular weight excluding hydrogens is 444 g/mol. The smallest absolute Gasteiger partial charge is 0.264 e. The number of hydrogen-bond donors (Lipinski definition) is 2. The highest BCUT2D eigenvalue weighted by molar-refractivity contribution is 7.92. The van der Waals surface area contributed by atoms with Crippen LogP contribution in [0.3, 0.4) is 0 Å². The molecule has 0 saturated carbocycles. The van der Waals surface area contributed by atoms with Gasteiger partial charge in [-0.25, -0.2) is 23.1 Å². The third-order valence-corrected chi connectivity index (χ3v) is 5.77. The van der Waals surface area contributed by atoms with Gasteiger partial charge >= 0.3 is 0 Å². The lowest BCUT2D eigenvalue weighted by molar-refractivity contribution is 0.102. The maximum atomic E-state index is 12.6. The Bertz CT molecular complexity index is 1190. The quantitative estimate of drug-likeness (QED) is 0.435. The van der Waals surface area contributed by atoms with Gasteiger partial charge in [-0.1, -0.05) is 6.07 Å². The standard InChI is InChI=1S/C23H26N4O5S/c1-4-31-12-13-32-20-7-5-6-18(15-20)22(28)26-19-8-10-21(11-9-19)33(29,30)27-23-24-16(2)14-17(3)25-23/h5-11,14-15H,4,12-13H2,1-3H3,(H,26,28)(H,24,25,27). The summed E-state index contributed by atoms with van der Waals surface area (Å²) in [4.78, 5) is 20.8. The molecule has 33 heavy (non-hydrogen) atoms. The molecule has 0 fully saturated rings. The lowest BCUT2D eigenvalue weighted by atomic mass is 10.2. The number of anilines is 2.